The molecule has 0 radical (unpaired) electrons. The first kappa shape index (κ1) is 17.3. The van der Waals surface area contributed by atoms with Crippen LogP contribution >= 0.6 is 0 Å². The summed E-state index contributed by atoms with van der Waals surface area (Å²) >= 11 is 0. The van der Waals surface area contributed by atoms with Gasteiger partial charge in [0.05, 0.1) is 5.52 Å². The van der Waals surface area contributed by atoms with Crippen LogP contribution in [0.3, 0.4) is 0 Å². The number of amides is 1. The summed E-state index contributed by atoms with van der Waals surface area (Å²) in [6.07, 6.45) is 2.78. The Labute approximate surface area is 164 Å². The number of hydrogen-bond donors (Lipinski definition) is 0. The number of carbonyl (C=O) groups excluding carboxylic acids is 1. The standard InChI is InChI=1S/C23H25N3O2/c1-14-7-4-5-8-16(14)20-10-9-17-18(23(27)26-11-6-12-26)13-19-21(22(17)28-20)24-15(2)25(19)3/h4-5,7-8,13,20H,6,9-12H2,1-3H3/t20-/m0/s1. The Hall–Kier alpha value is -2.82. The molecule has 5 nitrogen and oxygen atoms in total. The molecule has 1 amide bonds. The van der Waals surface area contributed by atoms with E-state index in [-0.39, 0.29) is 12.0 Å². The second-order valence-electron chi connectivity index (χ2n) is 7.97. The van der Waals surface area contributed by atoms with Crippen molar-refractivity contribution in [2.45, 2.75) is 39.2 Å². The number of ether oxygens (including phenoxy) is 1. The molecule has 1 fully saturated rings. The van der Waals surface area contributed by atoms with Crippen LogP contribution < -0.4 is 4.74 Å². The van der Waals surface area contributed by atoms with Crippen LogP contribution in [0.15, 0.2) is 30.3 Å². The van der Waals surface area contributed by atoms with Gasteiger partial charge in [-0.3, -0.25) is 4.79 Å². The van der Waals surface area contributed by atoms with Crippen molar-refractivity contribution >= 4 is 16.9 Å². The Bertz CT molecular complexity index is 1090. The van der Waals surface area contributed by atoms with Crippen molar-refractivity contribution in [3.05, 3.63) is 58.4 Å². The Balaban J connectivity index is 1.66. The minimum Gasteiger partial charge on any atom is -0.483 e. The second kappa shape index (κ2) is 6.36. The molecule has 5 heteroatoms. The summed E-state index contributed by atoms with van der Waals surface area (Å²) in [6.45, 7) is 5.81. The van der Waals surface area contributed by atoms with E-state index >= 15 is 0 Å². The lowest BCUT2D eigenvalue weighted by atomic mass is 9.91. The number of carbonyl (C=O) groups is 1. The minimum atomic E-state index is -0.00595. The third-order valence-corrected chi connectivity index (χ3v) is 6.28. The van der Waals surface area contributed by atoms with Gasteiger partial charge in [-0.2, -0.15) is 0 Å². The van der Waals surface area contributed by atoms with Gasteiger partial charge in [0.2, 0.25) is 0 Å². The molecule has 144 valence electrons. The third kappa shape index (κ3) is 2.53. The van der Waals surface area contributed by atoms with E-state index in [1.54, 1.807) is 0 Å². The topological polar surface area (TPSA) is 47.4 Å². The zero-order chi connectivity index (χ0) is 19.4. The quantitative estimate of drug-likeness (QED) is 0.677. The molecular weight excluding hydrogens is 350 g/mol. The normalized spacial score (nSPS) is 18.5. The van der Waals surface area contributed by atoms with Gasteiger partial charge in [-0.25, -0.2) is 4.98 Å². The molecule has 0 aliphatic carbocycles. The number of nitrogens with zero attached hydrogens (tertiary/aromatic N) is 3. The highest BCUT2D eigenvalue weighted by atomic mass is 16.5. The molecule has 1 saturated heterocycles. The van der Waals surface area contributed by atoms with E-state index in [2.05, 4.69) is 31.2 Å². The van der Waals surface area contributed by atoms with E-state index in [1.807, 2.05) is 29.5 Å². The zero-order valence-electron chi connectivity index (χ0n) is 16.7. The molecule has 0 N–H and O–H groups in total. The molecule has 5 rings (SSSR count). The number of benzene rings is 2. The maximum absolute atomic E-state index is 13.1. The monoisotopic (exact) mass is 375 g/mol. The summed E-state index contributed by atoms with van der Waals surface area (Å²) in [6, 6.07) is 10.4. The maximum atomic E-state index is 13.1. The highest BCUT2D eigenvalue weighted by molar-refractivity contribution is 6.02. The summed E-state index contributed by atoms with van der Waals surface area (Å²) in [5.41, 5.74) is 6.09. The molecular formula is C23H25N3O2. The summed E-state index contributed by atoms with van der Waals surface area (Å²) in [5, 5.41) is 0. The van der Waals surface area contributed by atoms with Crippen LogP contribution in [0.4, 0.5) is 0 Å². The van der Waals surface area contributed by atoms with Crippen LogP contribution in [0.2, 0.25) is 0 Å². The Morgan fingerprint density at radius 3 is 2.71 bits per heavy atom. The molecule has 1 atom stereocenters. The van der Waals surface area contributed by atoms with Crippen molar-refractivity contribution in [1.82, 2.24) is 14.5 Å². The van der Waals surface area contributed by atoms with E-state index in [0.717, 1.165) is 66.1 Å². The fourth-order valence-corrected chi connectivity index (χ4v) is 4.35. The Morgan fingerprint density at radius 2 is 2.00 bits per heavy atom. The van der Waals surface area contributed by atoms with Crippen molar-refractivity contribution in [1.29, 1.82) is 0 Å². The predicted octanol–water partition coefficient (Wildman–Crippen LogP) is 4.10. The van der Waals surface area contributed by atoms with Crippen LogP contribution in [0, 0.1) is 13.8 Å². The number of hydrogen-bond acceptors (Lipinski definition) is 3. The van der Waals surface area contributed by atoms with Gasteiger partial charge in [0.15, 0.2) is 5.75 Å². The van der Waals surface area contributed by atoms with Gasteiger partial charge in [0, 0.05) is 31.3 Å². The summed E-state index contributed by atoms with van der Waals surface area (Å²) in [5.74, 6) is 1.85. The van der Waals surface area contributed by atoms with E-state index in [1.165, 1.54) is 11.1 Å². The lowest BCUT2D eigenvalue weighted by molar-refractivity contribution is 0.0648. The first-order chi connectivity index (χ1) is 13.5. The van der Waals surface area contributed by atoms with Crippen molar-refractivity contribution in [2.24, 2.45) is 7.05 Å². The van der Waals surface area contributed by atoms with Gasteiger partial charge < -0.3 is 14.2 Å². The summed E-state index contributed by atoms with van der Waals surface area (Å²) in [7, 11) is 2.00. The minimum absolute atomic E-state index is 0.00595. The van der Waals surface area contributed by atoms with Crippen LogP contribution in [-0.4, -0.2) is 33.4 Å². The first-order valence-electron chi connectivity index (χ1n) is 10.0. The third-order valence-electron chi connectivity index (χ3n) is 6.28. The molecule has 2 aliphatic heterocycles. The molecule has 2 aliphatic rings. The molecule has 3 heterocycles. The number of aromatic nitrogens is 2. The van der Waals surface area contributed by atoms with Crippen LogP contribution in [0.5, 0.6) is 5.75 Å². The number of fused-ring (bicyclic) bond motifs is 3. The summed E-state index contributed by atoms with van der Waals surface area (Å²) < 4.78 is 8.60. The van der Waals surface area contributed by atoms with Gasteiger partial charge in [0.25, 0.3) is 5.91 Å². The first-order valence-corrected chi connectivity index (χ1v) is 10.0. The van der Waals surface area contributed by atoms with Gasteiger partial charge >= 0.3 is 0 Å². The van der Waals surface area contributed by atoms with Crippen LogP contribution in [-0.2, 0) is 13.5 Å². The van der Waals surface area contributed by atoms with Crippen molar-refractivity contribution in [3.63, 3.8) is 0 Å². The van der Waals surface area contributed by atoms with E-state index < -0.39 is 0 Å². The lowest BCUT2D eigenvalue weighted by Gasteiger charge is -2.33. The second-order valence-corrected chi connectivity index (χ2v) is 7.97. The smallest absolute Gasteiger partial charge is 0.254 e. The van der Waals surface area contributed by atoms with Crippen LogP contribution in [0.1, 0.15) is 51.8 Å². The molecule has 0 bridgehead atoms. The number of imidazole rings is 1. The van der Waals surface area contributed by atoms with Gasteiger partial charge in [-0.05, 0) is 50.3 Å². The largest absolute Gasteiger partial charge is 0.483 e. The predicted molar refractivity (Wildman–Crippen MR) is 109 cm³/mol. The molecule has 0 unspecified atom stereocenters. The van der Waals surface area contributed by atoms with Gasteiger partial charge in [-0.15, -0.1) is 0 Å². The Morgan fingerprint density at radius 1 is 1.21 bits per heavy atom. The number of likely N-dealkylation sites (tertiary alicyclic amines) is 1. The Kier molecular flexibility index (Phi) is 3.93. The van der Waals surface area contributed by atoms with Crippen molar-refractivity contribution in [2.75, 3.05) is 13.1 Å². The SMILES string of the molecule is Cc1ccccc1[C@@H]1CCc2c(C(=O)N3CCC3)cc3c(nc(C)n3C)c2O1. The van der Waals surface area contributed by atoms with Gasteiger partial charge in [0.1, 0.15) is 17.4 Å². The molecule has 2 aromatic carbocycles. The summed E-state index contributed by atoms with van der Waals surface area (Å²) in [4.78, 5) is 19.8. The number of rotatable bonds is 2. The number of aryl methyl sites for hydroxylation is 3. The fourth-order valence-electron chi connectivity index (χ4n) is 4.35. The highest BCUT2D eigenvalue weighted by Gasteiger charge is 2.32. The molecule has 0 spiro atoms. The highest BCUT2D eigenvalue weighted by Crippen LogP contribution is 2.42. The lowest BCUT2D eigenvalue weighted by Crippen LogP contribution is -2.42. The zero-order valence-corrected chi connectivity index (χ0v) is 16.7. The molecule has 1 aromatic heterocycles. The van der Waals surface area contributed by atoms with Crippen molar-refractivity contribution < 1.29 is 9.53 Å². The van der Waals surface area contributed by atoms with Crippen LogP contribution in [0.25, 0.3) is 11.0 Å². The fraction of sp³-hybridized carbons (Fsp3) is 0.391. The van der Waals surface area contributed by atoms with Crippen molar-refractivity contribution in [3.8, 4) is 5.75 Å². The average Bonchev–Trinajstić information content (AvgIpc) is 2.94. The van der Waals surface area contributed by atoms with E-state index in [4.69, 9.17) is 9.72 Å². The maximum Gasteiger partial charge on any atom is 0.254 e. The van der Waals surface area contributed by atoms with Gasteiger partial charge in [-0.1, -0.05) is 24.3 Å². The van der Waals surface area contributed by atoms with E-state index in [9.17, 15) is 4.79 Å². The average molecular weight is 375 g/mol. The molecule has 28 heavy (non-hydrogen) atoms. The molecule has 0 saturated carbocycles. The van der Waals surface area contributed by atoms with E-state index in [0.29, 0.717) is 0 Å². The molecule has 3 aromatic rings.